The summed E-state index contributed by atoms with van der Waals surface area (Å²) in [6.07, 6.45) is 2.30. The van der Waals surface area contributed by atoms with Gasteiger partial charge in [-0.2, -0.15) is 5.26 Å². The summed E-state index contributed by atoms with van der Waals surface area (Å²) in [5.74, 6) is -0.0437. The smallest absolute Gasteiger partial charge is 0.269 e. The Hall–Kier alpha value is -3.87. The summed E-state index contributed by atoms with van der Waals surface area (Å²) in [5, 5.41) is 26.6. The van der Waals surface area contributed by atoms with E-state index in [9.17, 15) is 20.2 Å². The fraction of sp³-hybridized carbons (Fsp3) is 0.278. The normalized spacial score (nSPS) is 19.6. The van der Waals surface area contributed by atoms with Crippen molar-refractivity contribution in [1.82, 2.24) is 4.98 Å². The topological polar surface area (TPSA) is 160 Å². The SMILES string of the molecule is CCCCc1nc2c(o1)NC(N)=C(C#N)[C@@]21C(=O)Nc2ccc([N+](=O)[O-])cc21. The Morgan fingerprint density at radius 1 is 1.43 bits per heavy atom. The molecule has 1 atom stereocenters. The van der Waals surface area contributed by atoms with E-state index in [0.29, 0.717) is 18.0 Å². The van der Waals surface area contributed by atoms with Gasteiger partial charge in [0.1, 0.15) is 17.6 Å². The van der Waals surface area contributed by atoms with Gasteiger partial charge in [-0.3, -0.25) is 14.9 Å². The number of nitrogens with one attached hydrogen (secondary N) is 2. The number of hydrogen-bond donors (Lipinski definition) is 3. The Labute approximate surface area is 159 Å². The first-order valence-electron chi connectivity index (χ1n) is 8.71. The molecule has 4 N–H and O–H groups in total. The van der Waals surface area contributed by atoms with Crippen LogP contribution in [0.3, 0.4) is 0 Å². The summed E-state index contributed by atoms with van der Waals surface area (Å²) in [4.78, 5) is 28.4. The second kappa shape index (κ2) is 6.09. The van der Waals surface area contributed by atoms with Crippen LogP contribution in [-0.2, 0) is 16.6 Å². The summed E-state index contributed by atoms with van der Waals surface area (Å²) in [6, 6.07) is 5.97. The molecule has 0 bridgehead atoms. The van der Waals surface area contributed by atoms with E-state index in [4.69, 9.17) is 10.2 Å². The lowest BCUT2D eigenvalue weighted by atomic mass is 9.71. The maximum absolute atomic E-state index is 13.2. The molecular weight excluding hydrogens is 364 g/mol. The van der Waals surface area contributed by atoms with Crippen molar-refractivity contribution in [1.29, 1.82) is 5.26 Å². The molecule has 1 spiro atoms. The standard InChI is InChI=1S/C18H16N6O4/c1-2-3-4-13-22-14-16(28-13)23-15(20)11(8-19)18(14)10-7-9(24(26)27)5-6-12(10)21-17(18)25/h5-7,23H,2-4,20H2,1H3,(H,21,25)/t18-/m1/s1. The maximum Gasteiger partial charge on any atom is 0.269 e. The maximum atomic E-state index is 13.2. The van der Waals surface area contributed by atoms with Gasteiger partial charge in [0.05, 0.1) is 10.5 Å². The van der Waals surface area contributed by atoms with E-state index in [-0.39, 0.29) is 34.2 Å². The van der Waals surface area contributed by atoms with Crippen molar-refractivity contribution in [3.05, 3.63) is 56.9 Å². The molecule has 2 aliphatic rings. The number of unbranched alkanes of at least 4 members (excludes halogenated alkanes) is 1. The molecule has 3 heterocycles. The molecule has 4 rings (SSSR count). The average Bonchev–Trinajstić information content (AvgIpc) is 3.19. The predicted molar refractivity (Wildman–Crippen MR) is 98.1 cm³/mol. The average molecular weight is 380 g/mol. The van der Waals surface area contributed by atoms with Crippen molar-refractivity contribution < 1.29 is 14.1 Å². The van der Waals surface area contributed by atoms with Gasteiger partial charge in [-0.1, -0.05) is 13.3 Å². The Kier molecular flexibility index (Phi) is 3.81. The molecule has 10 nitrogen and oxygen atoms in total. The van der Waals surface area contributed by atoms with Crippen LogP contribution in [0.25, 0.3) is 0 Å². The molecule has 0 aliphatic carbocycles. The van der Waals surface area contributed by atoms with E-state index < -0.39 is 16.2 Å². The number of aryl methyl sites for hydroxylation is 1. The number of amides is 1. The van der Waals surface area contributed by atoms with Crippen LogP contribution in [0.2, 0.25) is 0 Å². The minimum Gasteiger partial charge on any atom is -0.425 e. The Morgan fingerprint density at radius 2 is 2.21 bits per heavy atom. The molecule has 1 aromatic carbocycles. The van der Waals surface area contributed by atoms with Crippen molar-refractivity contribution >= 4 is 23.2 Å². The van der Waals surface area contributed by atoms with Crippen LogP contribution in [0.1, 0.15) is 36.9 Å². The van der Waals surface area contributed by atoms with E-state index in [2.05, 4.69) is 15.6 Å². The highest BCUT2D eigenvalue weighted by molar-refractivity contribution is 6.13. The van der Waals surface area contributed by atoms with Crippen molar-refractivity contribution in [2.75, 3.05) is 10.6 Å². The van der Waals surface area contributed by atoms with Gasteiger partial charge in [0.15, 0.2) is 11.3 Å². The third-order valence-electron chi connectivity index (χ3n) is 4.98. The molecule has 142 valence electrons. The highest BCUT2D eigenvalue weighted by atomic mass is 16.6. The second-order valence-corrected chi connectivity index (χ2v) is 6.61. The van der Waals surface area contributed by atoms with Crippen LogP contribution in [0.4, 0.5) is 17.3 Å². The minimum atomic E-state index is -1.70. The first-order valence-corrected chi connectivity index (χ1v) is 8.71. The number of oxazole rings is 1. The number of benzene rings is 1. The molecule has 10 heteroatoms. The summed E-state index contributed by atoms with van der Waals surface area (Å²) in [7, 11) is 0. The van der Waals surface area contributed by atoms with Crippen LogP contribution in [0, 0.1) is 21.4 Å². The lowest BCUT2D eigenvalue weighted by molar-refractivity contribution is -0.384. The largest absolute Gasteiger partial charge is 0.425 e. The molecule has 2 aliphatic heterocycles. The number of nitrogens with zero attached hydrogens (tertiary/aromatic N) is 3. The number of nitro groups is 1. The summed E-state index contributed by atoms with van der Waals surface area (Å²) in [6.45, 7) is 2.02. The highest BCUT2D eigenvalue weighted by Gasteiger charge is 2.58. The Bertz CT molecular complexity index is 1100. The second-order valence-electron chi connectivity index (χ2n) is 6.61. The molecule has 0 saturated carbocycles. The summed E-state index contributed by atoms with van der Waals surface area (Å²) in [5.41, 5.74) is 4.84. The van der Waals surface area contributed by atoms with Gasteiger partial charge in [-0.05, 0) is 12.5 Å². The fourth-order valence-corrected chi connectivity index (χ4v) is 3.67. The highest BCUT2D eigenvalue weighted by Crippen LogP contribution is 2.52. The zero-order valence-electron chi connectivity index (χ0n) is 14.9. The monoisotopic (exact) mass is 380 g/mol. The van der Waals surface area contributed by atoms with Crippen LogP contribution in [0.5, 0.6) is 0 Å². The molecule has 0 saturated heterocycles. The summed E-state index contributed by atoms with van der Waals surface area (Å²) < 4.78 is 5.74. The van der Waals surface area contributed by atoms with Crippen molar-refractivity contribution in [3.63, 3.8) is 0 Å². The minimum absolute atomic E-state index is 0.0531. The fourth-order valence-electron chi connectivity index (χ4n) is 3.67. The molecule has 2 aromatic rings. The number of anilines is 2. The van der Waals surface area contributed by atoms with Gasteiger partial charge in [0.25, 0.3) is 5.69 Å². The third kappa shape index (κ3) is 2.19. The zero-order chi connectivity index (χ0) is 20.1. The molecule has 0 unspecified atom stereocenters. The van der Waals surface area contributed by atoms with Crippen molar-refractivity contribution in [2.24, 2.45) is 5.73 Å². The van der Waals surface area contributed by atoms with Crippen LogP contribution >= 0.6 is 0 Å². The quantitative estimate of drug-likeness (QED) is 0.538. The van der Waals surface area contributed by atoms with Gasteiger partial charge >= 0.3 is 0 Å². The Balaban J connectivity index is 2.02. The van der Waals surface area contributed by atoms with Crippen LogP contribution in [0.15, 0.2) is 34.0 Å². The van der Waals surface area contributed by atoms with Crippen LogP contribution in [-0.4, -0.2) is 15.8 Å². The van der Waals surface area contributed by atoms with Gasteiger partial charge in [-0.15, -0.1) is 0 Å². The molecule has 0 fully saturated rings. The number of carbonyl (C=O) groups is 1. The molecule has 1 amide bonds. The molecule has 1 aromatic heterocycles. The van der Waals surface area contributed by atoms with Gasteiger partial charge in [-0.25, -0.2) is 4.98 Å². The van der Waals surface area contributed by atoms with Crippen LogP contribution < -0.4 is 16.4 Å². The number of hydrogen-bond acceptors (Lipinski definition) is 8. The van der Waals surface area contributed by atoms with E-state index >= 15 is 0 Å². The van der Waals surface area contributed by atoms with E-state index in [1.807, 2.05) is 13.0 Å². The number of non-ortho nitro benzene ring substituents is 1. The van der Waals surface area contributed by atoms with Gasteiger partial charge in [0.2, 0.25) is 11.8 Å². The lowest BCUT2D eigenvalue weighted by Gasteiger charge is -2.30. The lowest BCUT2D eigenvalue weighted by Crippen LogP contribution is -2.43. The summed E-state index contributed by atoms with van der Waals surface area (Å²) >= 11 is 0. The number of carbonyl (C=O) groups excluding carboxylic acids is 1. The number of nitriles is 1. The molecule has 28 heavy (non-hydrogen) atoms. The van der Waals surface area contributed by atoms with Crippen molar-refractivity contribution in [2.45, 2.75) is 31.6 Å². The first kappa shape index (κ1) is 17.5. The van der Waals surface area contributed by atoms with Gasteiger partial charge in [0, 0.05) is 29.8 Å². The number of aromatic nitrogens is 1. The van der Waals surface area contributed by atoms with Crippen molar-refractivity contribution in [3.8, 4) is 6.07 Å². The zero-order valence-corrected chi connectivity index (χ0v) is 14.9. The van der Waals surface area contributed by atoms with E-state index in [1.54, 1.807) is 0 Å². The third-order valence-corrected chi connectivity index (χ3v) is 4.98. The molecule has 0 radical (unpaired) electrons. The number of rotatable bonds is 4. The Morgan fingerprint density at radius 3 is 2.89 bits per heavy atom. The van der Waals surface area contributed by atoms with E-state index in [1.165, 1.54) is 18.2 Å². The number of nitrogens with two attached hydrogens (primary N) is 1. The van der Waals surface area contributed by atoms with E-state index in [0.717, 1.165) is 12.8 Å². The van der Waals surface area contributed by atoms with Gasteiger partial charge < -0.3 is 20.8 Å². The first-order chi connectivity index (χ1) is 13.4. The molecular formula is C18H16N6O4. The number of fused-ring (bicyclic) bond motifs is 4. The number of nitro benzene ring substituents is 1. The predicted octanol–water partition coefficient (Wildman–Crippen LogP) is 2.28.